The molecule has 0 N–H and O–H groups in total. The highest BCUT2D eigenvalue weighted by Gasteiger charge is 2.22. The standard InChI is InChI=1S/C25H30N8O/c1-18-4-3-8-32(18)23-6-5-19(15-26-23)24-28-22-14-21(31-10-12-34-13-11-31)16-27-25(22)33(24)17-20-7-9-30(2)29-20/h5-7,9,14-16,18H,3-4,8,10-13,17H2,1-2H3. The molecule has 6 rings (SSSR count). The van der Waals surface area contributed by atoms with Crippen LogP contribution in [0.15, 0.2) is 42.9 Å². The molecule has 2 saturated heterocycles. The molecule has 34 heavy (non-hydrogen) atoms. The minimum Gasteiger partial charge on any atom is -0.378 e. The molecular weight excluding hydrogens is 428 g/mol. The molecule has 2 aliphatic rings. The molecule has 4 aromatic heterocycles. The summed E-state index contributed by atoms with van der Waals surface area (Å²) >= 11 is 0. The Kier molecular flexibility index (Phi) is 5.41. The maximum Gasteiger partial charge on any atom is 0.160 e. The molecule has 0 aromatic carbocycles. The van der Waals surface area contributed by atoms with Gasteiger partial charge in [-0.05, 0) is 44.0 Å². The van der Waals surface area contributed by atoms with Crippen molar-refractivity contribution in [3.8, 4) is 11.4 Å². The van der Waals surface area contributed by atoms with E-state index in [4.69, 9.17) is 19.7 Å². The Bertz CT molecular complexity index is 1290. The number of anilines is 2. The molecule has 4 aromatic rings. The van der Waals surface area contributed by atoms with E-state index < -0.39 is 0 Å². The highest BCUT2D eigenvalue weighted by Crippen LogP contribution is 2.29. The molecule has 0 amide bonds. The lowest BCUT2D eigenvalue weighted by Gasteiger charge is -2.28. The van der Waals surface area contributed by atoms with Gasteiger partial charge in [-0.25, -0.2) is 15.0 Å². The van der Waals surface area contributed by atoms with E-state index in [1.165, 1.54) is 12.8 Å². The van der Waals surface area contributed by atoms with Crippen LogP contribution in [-0.4, -0.2) is 68.2 Å². The summed E-state index contributed by atoms with van der Waals surface area (Å²) in [7, 11) is 1.94. The summed E-state index contributed by atoms with van der Waals surface area (Å²) in [6.07, 6.45) is 8.30. The average Bonchev–Trinajstić information content (AvgIpc) is 3.58. The van der Waals surface area contributed by atoms with Gasteiger partial charge in [-0.2, -0.15) is 5.10 Å². The Morgan fingerprint density at radius 2 is 1.94 bits per heavy atom. The van der Waals surface area contributed by atoms with Crippen LogP contribution in [0.25, 0.3) is 22.6 Å². The van der Waals surface area contributed by atoms with Crippen LogP contribution in [0.4, 0.5) is 11.5 Å². The van der Waals surface area contributed by atoms with Gasteiger partial charge in [0.15, 0.2) is 5.65 Å². The smallest absolute Gasteiger partial charge is 0.160 e. The predicted molar refractivity (Wildman–Crippen MR) is 132 cm³/mol. The third-order valence-electron chi connectivity index (χ3n) is 6.89. The summed E-state index contributed by atoms with van der Waals surface area (Å²) in [5.41, 5.74) is 4.78. The topological polar surface area (TPSA) is 77.1 Å². The average molecular weight is 459 g/mol. The van der Waals surface area contributed by atoms with E-state index in [0.717, 1.165) is 72.6 Å². The maximum atomic E-state index is 5.51. The molecule has 9 nitrogen and oxygen atoms in total. The number of hydrogen-bond acceptors (Lipinski definition) is 7. The fourth-order valence-electron chi connectivity index (χ4n) is 5.04. The summed E-state index contributed by atoms with van der Waals surface area (Å²) in [5, 5.41) is 4.59. The third-order valence-corrected chi connectivity index (χ3v) is 6.89. The molecule has 0 spiro atoms. The SMILES string of the molecule is CC1CCCN1c1ccc(-c2nc3cc(N4CCOCC4)cnc3n2Cc2ccn(C)n2)cn1. The number of pyridine rings is 2. The second-order valence-corrected chi connectivity index (χ2v) is 9.23. The second-order valence-electron chi connectivity index (χ2n) is 9.23. The zero-order valence-electron chi connectivity index (χ0n) is 19.8. The molecular formula is C25H30N8O. The Morgan fingerprint density at radius 1 is 1.06 bits per heavy atom. The van der Waals surface area contributed by atoms with Gasteiger partial charge in [0.1, 0.15) is 17.2 Å². The van der Waals surface area contributed by atoms with E-state index in [-0.39, 0.29) is 0 Å². The number of imidazole rings is 1. The lowest BCUT2D eigenvalue weighted by molar-refractivity contribution is 0.122. The lowest BCUT2D eigenvalue weighted by atomic mass is 10.2. The van der Waals surface area contributed by atoms with Gasteiger partial charge in [0.2, 0.25) is 0 Å². The summed E-state index contributed by atoms with van der Waals surface area (Å²) in [4.78, 5) is 19.4. The van der Waals surface area contributed by atoms with Crippen LogP contribution in [-0.2, 0) is 18.3 Å². The van der Waals surface area contributed by atoms with Crippen LogP contribution >= 0.6 is 0 Å². The molecule has 1 unspecified atom stereocenters. The first kappa shape index (κ1) is 21.1. The predicted octanol–water partition coefficient (Wildman–Crippen LogP) is 3.10. The molecule has 0 radical (unpaired) electrons. The van der Waals surface area contributed by atoms with Crippen LogP contribution in [0.3, 0.4) is 0 Å². The number of fused-ring (bicyclic) bond motifs is 1. The largest absolute Gasteiger partial charge is 0.378 e. The summed E-state index contributed by atoms with van der Waals surface area (Å²) in [5.74, 6) is 1.90. The molecule has 176 valence electrons. The zero-order valence-corrected chi connectivity index (χ0v) is 19.8. The fourth-order valence-corrected chi connectivity index (χ4v) is 5.04. The van der Waals surface area contributed by atoms with Crippen LogP contribution in [0, 0.1) is 0 Å². The van der Waals surface area contributed by atoms with Crippen molar-refractivity contribution in [3.63, 3.8) is 0 Å². The van der Waals surface area contributed by atoms with E-state index in [1.54, 1.807) is 0 Å². The molecule has 6 heterocycles. The highest BCUT2D eigenvalue weighted by molar-refractivity contribution is 5.80. The monoisotopic (exact) mass is 458 g/mol. The van der Waals surface area contributed by atoms with Gasteiger partial charge in [0, 0.05) is 50.7 Å². The first-order valence-corrected chi connectivity index (χ1v) is 12.1. The van der Waals surface area contributed by atoms with Crippen molar-refractivity contribution in [2.75, 3.05) is 42.6 Å². The number of aromatic nitrogens is 6. The van der Waals surface area contributed by atoms with Gasteiger partial charge >= 0.3 is 0 Å². The molecule has 9 heteroatoms. The van der Waals surface area contributed by atoms with Crippen molar-refractivity contribution in [2.45, 2.75) is 32.4 Å². The fraction of sp³-hybridized carbons (Fsp3) is 0.440. The van der Waals surface area contributed by atoms with Gasteiger partial charge in [0.25, 0.3) is 0 Å². The molecule has 1 atom stereocenters. The number of morpholine rings is 1. The molecule has 0 saturated carbocycles. The minimum absolute atomic E-state index is 0.537. The van der Waals surface area contributed by atoms with E-state index >= 15 is 0 Å². The summed E-state index contributed by atoms with van der Waals surface area (Å²) in [6, 6.07) is 8.96. The minimum atomic E-state index is 0.537. The third kappa shape index (κ3) is 3.90. The second kappa shape index (κ2) is 8.72. The number of rotatable bonds is 5. The molecule has 0 bridgehead atoms. The lowest BCUT2D eigenvalue weighted by Crippen LogP contribution is -2.36. The van der Waals surface area contributed by atoms with Crippen molar-refractivity contribution in [1.29, 1.82) is 0 Å². The van der Waals surface area contributed by atoms with Crippen LogP contribution in [0.5, 0.6) is 0 Å². The van der Waals surface area contributed by atoms with Crippen molar-refractivity contribution in [1.82, 2.24) is 29.3 Å². The quantitative estimate of drug-likeness (QED) is 0.455. The number of nitrogens with zero attached hydrogens (tertiary/aromatic N) is 8. The Hall–Kier alpha value is -3.46. The Morgan fingerprint density at radius 3 is 2.65 bits per heavy atom. The summed E-state index contributed by atoms with van der Waals surface area (Å²) < 4.78 is 9.48. The number of ether oxygens (including phenoxy) is 1. The highest BCUT2D eigenvalue weighted by atomic mass is 16.5. The van der Waals surface area contributed by atoms with E-state index in [1.807, 2.05) is 36.4 Å². The molecule has 2 fully saturated rings. The Balaban J connectivity index is 1.40. The van der Waals surface area contributed by atoms with Crippen LogP contribution in [0.1, 0.15) is 25.5 Å². The molecule has 2 aliphatic heterocycles. The number of aryl methyl sites for hydroxylation is 1. The van der Waals surface area contributed by atoms with E-state index in [9.17, 15) is 0 Å². The summed E-state index contributed by atoms with van der Waals surface area (Å²) in [6.45, 7) is 7.16. The van der Waals surface area contributed by atoms with Crippen molar-refractivity contribution in [3.05, 3.63) is 48.5 Å². The number of hydrogen-bond donors (Lipinski definition) is 0. The van der Waals surface area contributed by atoms with Crippen molar-refractivity contribution >= 4 is 22.7 Å². The first-order valence-electron chi connectivity index (χ1n) is 12.1. The first-order chi connectivity index (χ1) is 16.7. The maximum absolute atomic E-state index is 5.51. The van der Waals surface area contributed by atoms with Crippen molar-refractivity contribution in [2.24, 2.45) is 7.05 Å². The van der Waals surface area contributed by atoms with Gasteiger partial charge < -0.3 is 19.1 Å². The molecule has 0 aliphatic carbocycles. The normalized spacial score (nSPS) is 18.8. The van der Waals surface area contributed by atoms with E-state index in [0.29, 0.717) is 12.6 Å². The van der Waals surface area contributed by atoms with Gasteiger partial charge in [0.05, 0.1) is 37.3 Å². The van der Waals surface area contributed by atoms with Gasteiger partial charge in [-0.3, -0.25) is 4.68 Å². The van der Waals surface area contributed by atoms with Gasteiger partial charge in [-0.1, -0.05) is 0 Å². The van der Waals surface area contributed by atoms with Crippen LogP contribution in [0.2, 0.25) is 0 Å². The van der Waals surface area contributed by atoms with E-state index in [2.05, 4.69) is 44.6 Å². The van der Waals surface area contributed by atoms with Gasteiger partial charge in [-0.15, -0.1) is 0 Å². The Labute approximate surface area is 199 Å². The van der Waals surface area contributed by atoms with Crippen LogP contribution < -0.4 is 9.80 Å². The zero-order chi connectivity index (χ0) is 23.1. The van der Waals surface area contributed by atoms with Crippen molar-refractivity contribution < 1.29 is 4.74 Å².